The van der Waals surface area contributed by atoms with Crippen LogP contribution in [-0.2, 0) is 0 Å². The molecule has 186 valence electrons. The molecule has 0 aromatic heterocycles. The molecule has 0 aromatic carbocycles. The summed E-state index contributed by atoms with van der Waals surface area (Å²) in [5.41, 5.74) is 1.51. The number of hydrogen-bond acceptors (Lipinski definition) is 1. The van der Waals surface area contributed by atoms with Gasteiger partial charge in [-0.1, -0.05) is 51.9 Å². The fraction of sp³-hybridized carbons (Fsp3) is 1.00. The Morgan fingerprint density at radius 2 is 1.24 bits per heavy atom. The Morgan fingerprint density at radius 1 is 0.697 bits per heavy atom. The maximum Gasteiger partial charge on any atom is 0.0217 e. The molecule has 0 heterocycles. The van der Waals surface area contributed by atoms with E-state index in [-0.39, 0.29) is 0 Å². The lowest BCUT2D eigenvalue weighted by atomic mass is 9.37. The number of nitrogens with one attached hydrogen (secondary N) is 1. The summed E-state index contributed by atoms with van der Waals surface area (Å²) in [6, 6.07) is 0. The van der Waals surface area contributed by atoms with Crippen LogP contribution in [0.15, 0.2) is 0 Å². The number of hydrogen-bond donors (Lipinski definition) is 1. The fourth-order valence-corrected chi connectivity index (χ4v) is 13.0. The van der Waals surface area contributed by atoms with Gasteiger partial charge in [-0.3, -0.25) is 0 Å². The average molecular weight is 452 g/mol. The smallest absolute Gasteiger partial charge is 0.0217 e. The fourth-order valence-electron chi connectivity index (χ4n) is 13.0. The average Bonchev–Trinajstić information content (AvgIpc) is 2.76. The molecule has 4 atom stereocenters. The van der Waals surface area contributed by atoms with Gasteiger partial charge >= 0.3 is 0 Å². The molecule has 1 nitrogen and oxygen atoms in total. The largest absolute Gasteiger partial charge is 0.305 e. The maximum absolute atomic E-state index is 4.80. The molecule has 9 aliphatic carbocycles. The van der Waals surface area contributed by atoms with Crippen LogP contribution in [0.25, 0.3) is 0 Å². The summed E-state index contributed by atoms with van der Waals surface area (Å²) in [5.74, 6) is 8.51. The Labute approximate surface area is 205 Å². The normalized spacial score (nSPS) is 52.4. The molecule has 9 saturated carbocycles. The van der Waals surface area contributed by atoms with E-state index in [9.17, 15) is 0 Å². The topological polar surface area (TPSA) is 12.0 Å². The third kappa shape index (κ3) is 3.47. The molecule has 0 aliphatic heterocycles. The first-order valence-corrected chi connectivity index (χ1v) is 15.8. The molecule has 0 radical (unpaired) electrons. The van der Waals surface area contributed by atoms with Gasteiger partial charge in [-0.05, 0) is 137 Å². The number of unbranched alkanes of at least 4 members (excludes halogenated alkanes) is 1. The summed E-state index contributed by atoms with van der Waals surface area (Å²) in [6.45, 7) is 5.27. The quantitative estimate of drug-likeness (QED) is 0.409. The molecule has 1 N–H and O–H groups in total. The zero-order chi connectivity index (χ0) is 22.3. The van der Waals surface area contributed by atoms with E-state index in [0.717, 1.165) is 47.3 Å². The van der Waals surface area contributed by atoms with Gasteiger partial charge in [0.05, 0.1) is 0 Å². The van der Waals surface area contributed by atoms with Gasteiger partial charge in [0.25, 0.3) is 0 Å². The first-order valence-electron chi connectivity index (χ1n) is 15.8. The van der Waals surface area contributed by atoms with Crippen LogP contribution in [0.2, 0.25) is 0 Å². The van der Waals surface area contributed by atoms with Crippen LogP contribution in [0.3, 0.4) is 0 Å². The lowest BCUT2D eigenvalue weighted by molar-refractivity contribution is -0.189. The Kier molecular flexibility index (Phi) is 5.36. The molecule has 33 heavy (non-hydrogen) atoms. The van der Waals surface area contributed by atoms with Crippen LogP contribution in [0.1, 0.15) is 136 Å². The molecular weight excluding hydrogens is 398 g/mol. The van der Waals surface area contributed by atoms with Gasteiger partial charge in [0, 0.05) is 11.1 Å². The van der Waals surface area contributed by atoms with Crippen LogP contribution >= 0.6 is 0 Å². The second-order valence-electron chi connectivity index (χ2n) is 15.4. The van der Waals surface area contributed by atoms with E-state index in [1.54, 1.807) is 64.2 Å². The van der Waals surface area contributed by atoms with Crippen LogP contribution in [-0.4, -0.2) is 11.1 Å². The Bertz CT molecular complexity index is 682. The second kappa shape index (κ2) is 7.98. The zero-order valence-electron chi connectivity index (χ0n) is 22.1. The van der Waals surface area contributed by atoms with Gasteiger partial charge in [-0.15, -0.1) is 0 Å². The zero-order valence-corrected chi connectivity index (χ0v) is 22.1. The molecule has 9 fully saturated rings. The molecule has 9 rings (SSSR count). The Hall–Kier alpha value is -0.0400. The standard InChI is InChI=1S/C32H53N/c1-3-4-10-30(2,33-31-17-22-11-23(18-31)13-24(12-22)19-31)32-20-25-14-26(21-32)16-28(15-25)29(32)27-8-6-5-7-9-27/h22-29,33H,3-21H2,1-2H3. The molecule has 8 bridgehead atoms. The molecule has 1 heteroatoms. The van der Waals surface area contributed by atoms with E-state index in [0.29, 0.717) is 16.5 Å². The first kappa shape index (κ1) is 22.2. The minimum Gasteiger partial charge on any atom is -0.305 e. The molecule has 0 amide bonds. The van der Waals surface area contributed by atoms with Crippen molar-refractivity contribution in [3.05, 3.63) is 0 Å². The molecule has 9 aliphatic rings. The third-order valence-corrected chi connectivity index (χ3v) is 13.3. The van der Waals surface area contributed by atoms with Crippen molar-refractivity contribution >= 4 is 0 Å². The minimum absolute atomic E-state index is 0.382. The molecular formula is C32H53N. The lowest BCUT2D eigenvalue weighted by Gasteiger charge is -2.71. The van der Waals surface area contributed by atoms with E-state index in [1.165, 1.54) is 57.8 Å². The highest BCUT2D eigenvalue weighted by Crippen LogP contribution is 2.70. The van der Waals surface area contributed by atoms with Gasteiger partial charge in [-0.2, -0.15) is 0 Å². The predicted molar refractivity (Wildman–Crippen MR) is 138 cm³/mol. The summed E-state index contributed by atoms with van der Waals surface area (Å²) in [6.07, 6.45) is 29.3. The van der Waals surface area contributed by atoms with E-state index in [4.69, 9.17) is 5.32 Å². The predicted octanol–water partition coefficient (Wildman–Crippen LogP) is 8.52. The van der Waals surface area contributed by atoms with Gasteiger partial charge in [0.15, 0.2) is 0 Å². The van der Waals surface area contributed by atoms with Crippen molar-refractivity contribution in [3.8, 4) is 0 Å². The van der Waals surface area contributed by atoms with Gasteiger partial charge in [0.2, 0.25) is 0 Å². The molecule has 4 unspecified atom stereocenters. The Balaban J connectivity index is 1.27. The highest BCUT2D eigenvalue weighted by molar-refractivity contribution is 5.19. The molecule has 0 aromatic rings. The third-order valence-electron chi connectivity index (χ3n) is 13.3. The van der Waals surface area contributed by atoms with Crippen LogP contribution < -0.4 is 5.32 Å². The maximum atomic E-state index is 4.80. The monoisotopic (exact) mass is 451 g/mol. The molecule has 0 spiro atoms. The lowest BCUT2D eigenvalue weighted by Crippen LogP contribution is -2.73. The van der Waals surface area contributed by atoms with Crippen molar-refractivity contribution in [1.82, 2.24) is 5.32 Å². The van der Waals surface area contributed by atoms with Crippen molar-refractivity contribution in [3.63, 3.8) is 0 Å². The van der Waals surface area contributed by atoms with E-state index >= 15 is 0 Å². The SMILES string of the molecule is CCCCC(C)(NC12CC3CC(CC(C3)C1)C2)C12CC3CC(CC(C3)C1C1CCCCC1)C2. The first-order chi connectivity index (χ1) is 16.0. The van der Waals surface area contributed by atoms with Gasteiger partial charge in [-0.25, -0.2) is 0 Å². The van der Waals surface area contributed by atoms with Crippen molar-refractivity contribution < 1.29 is 0 Å². The number of rotatable bonds is 7. The molecule has 0 saturated heterocycles. The van der Waals surface area contributed by atoms with E-state index in [1.807, 2.05) is 0 Å². The van der Waals surface area contributed by atoms with Crippen molar-refractivity contribution in [1.29, 1.82) is 0 Å². The summed E-state index contributed by atoms with van der Waals surface area (Å²) in [5, 5.41) is 4.80. The summed E-state index contributed by atoms with van der Waals surface area (Å²) >= 11 is 0. The van der Waals surface area contributed by atoms with Crippen LogP contribution in [0.4, 0.5) is 0 Å². The Morgan fingerprint density at radius 3 is 1.79 bits per heavy atom. The van der Waals surface area contributed by atoms with Crippen molar-refractivity contribution in [2.45, 2.75) is 147 Å². The van der Waals surface area contributed by atoms with E-state index < -0.39 is 0 Å². The summed E-state index contributed by atoms with van der Waals surface area (Å²) in [7, 11) is 0. The summed E-state index contributed by atoms with van der Waals surface area (Å²) < 4.78 is 0. The summed E-state index contributed by atoms with van der Waals surface area (Å²) in [4.78, 5) is 0. The van der Waals surface area contributed by atoms with Crippen molar-refractivity contribution in [2.24, 2.45) is 52.8 Å². The van der Waals surface area contributed by atoms with Gasteiger partial charge in [0.1, 0.15) is 0 Å². The second-order valence-corrected chi connectivity index (χ2v) is 15.4. The van der Waals surface area contributed by atoms with Gasteiger partial charge < -0.3 is 5.32 Å². The van der Waals surface area contributed by atoms with E-state index in [2.05, 4.69) is 13.8 Å². The minimum atomic E-state index is 0.382. The van der Waals surface area contributed by atoms with Crippen molar-refractivity contribution in [2.75, 3.05) is 0 Å². The highest BCUT2D eigenvalue weighted by Gasteiger charge is 2.66. The highest BCUT2D eigenvalue weighted by atomic mass is 15.1. The van der Waals surface area contributed by atoms with Crippen LogP contribution in [0, 0.1) is 52.8 Å². The van der Waals surface area contributed by atoms with Crippen LogP contribution in [0.5, 0.6) is 0 Å².